The highest BCUT2D eigenvalue weighted by molar-refractivity contribution is 5.77. The van der Waals surface area contributed by atoms with Crippen LogP contribution >= 0.6 is 0 Å². The van der Waals surface area contributed by atoms with Crippen LogP contribution in [-0.2, 0) is 42.8 Å². The molecule has 2 amide bonds. The number of carboxylic acid groups (broad SMARTS) is 1. The van der Waals surface area contributed by atoms with Crippen molar-refractivity contribution in [3.63, 3.8) is 0 Å². The second-order valence-electron chi connectivity index (χ2n) is 24.7. The third kappa shape index (κ3) is 29.0. The Morgan fingerprint density at radius 1 is 0.591 bits per heavy atom. The molecule has 18 unspecified atom stereocenters. The molecule has 14 N–H and O–H groups in total. The van der Waals surface area contributed by atoms with Gasteiger partial charge in [0, 0.05) is 19.8 Å². The zero-order valence-electron chi connectivity index (χ0n) is 53.3. The van der Waals surface area contributed by atoms with Gasteiger partial charge in [-0.05, 0) is 38.5 Å². The van der Waals surface area contributed by atoms with Gasteiger partial charge >= 0.3 is 5.97 Å². The predicted octanol–water partition coefficient (Wildman–Crippen LogP) is 5.28. The summed E-state index contributed by atoms with van der Waals surface area (Å²) >= 11 is 0. The Bertz CT molecular complexity index is 1890. The topological polar surface area (TPSA) is 373 Å². The minimum atomic E-state index is -3.08. The van der Waals surface area contributed by atoms with E-state index in [9.17, 15) is 75.7 Å². The maximum Gasteiger partial charge on any atom is 0.364 e. The van der Waals surface area contributed by atoms with E-state index in [0.29, 0.717) is 12.8 Å². The zero-order chi connectivity index (χ0) is 64.7. The molecule has 18 atom stereocenters. The number of unbranched alkanes of at least 4 members (excludes halogenated alkanes) is 28. The first-order valence-corrected chi connectivity index (χ1v) is 33.7. The van der Waals surface area contributed by atoms with E-state index in [2.05, 4.69) is 36.6 Å². The van der Waals surface area contributed by atoms with Crippen molar-refractivity contribution in [2.24, 2.45) is 0 Å². The van der Waals surface area contributed by atoms with Gasteiger partial charge in [-0.25, -0.2) is 4.79 Å². The van der Waals surface area contributed by atoms with Gasteiger partial charge in [0.25, 0.3) is 5.79 Å². The van der Waals surface area contributed by atoms with Gasteiger partial charge in [0.05, 0.1) is 50.7 Å². The quantitative estimate of drug-likeness (QED) is 0.0272. The van der Waals surface area contributed by atoms with Crippen molar-refractivity contribution in [3.8, 4) is 0 Å². The Balaban J connectivity index is 1.59. The maximum absolute atomic E-state index is 13.4. The molecule has 3 aliphatic rings. The molecule has 88 heavy (non-hydrogen) atoms. The van der Waals surface area contributed by atoms with Crippen molar-refractivity contribution in [2.75, 3.05) is 26.4 Å². The fraction of sp³-hybridized carbons (Fsp3) is 0.892. The Morgan fingerprint density at radius 3 is 1.58 bits per heavy atom. The second kappa shape index (κ2) is 46.3. The zero-order valence-corrected chi connectivity index (χ0v) is 53.3. The fourth-order valence-electron chi connectivity index (χ4n) is 11.7. The van der Waals surface area contributed by atoms with Crippen molar-refractivity contribution in [3.05, 3.63) is 24.3 Å². The molecule has 23 heteroatoms. The molecule has 0 aliphatic carbocycles. The van der Waals surface area contributed by atoms with Crippen LogP contribution < -0.4 is 10.6 Å². The number of carbonyl (C=O) groups is 3. The molecule has 3 heterocycles. The van der Waals surface area contributed by atoms with Crippen LogP contribution in [0.3, 0.4) is 0 Å². The molecule has 0 aromatic carbocycles. The number of rotatable bonds is 50. The Hall–Kier alpha value is -2.79. The molecule has 0 radical (unpaired) electrons. The molecule has 0 bridgehead atoms. The van der Waals surface area contributed by atoms with E-state index in [1.165, 1.54) is 122 Å². The van der Waals surface area contributed by atoms with Crippen LogP contribution in [0.25, 0.3) is 0 Å². The van der Waals surface area contributed by atoms with Crippen LogP contribution in [0.4, 0.5) is 0 Å². The molecule has 23 nitrogen and oxygen atoms in total. The molecule has 3 fully saturated rings. The SMILES string of the molecule is CCCC/C=C\CCCCCCCC(=O)NC(COC1OC(CO)C(OC2OC(CO)C(O)C(OC3(C(=O)O)CC(O)C(NC(C)=O)C(C(O)C(O)CO)O3)C2O)C(O)C1O)C(O)/C=C/CCCCCCCCCCCCCCCCCCCCCCC. The lowest BCUT2D eigenvalue weighted by Crippen LogP contribution is -2.70. The fourth-order valence-corrected chi connectivity index (χ4v) is 11.7. The third-order valence-electron chi connectivity index (χ3n) is 17.1. The summed E-state index contributed by atoms with van der Waals surface area (Å²) in [5.74, 6) is -6.15. The summed E-state index contributed by atoms with van der Waals surface area (Å²) < 4.78 is 34.7. The van der Waals surface area contributed by atoms with Crippen molar-refractivity contribution < 1.29 is 104 Å². The maximum atomic E-state index is 13.4. The summed E-state index contributed by atoms with van der Waals surface area (Å²) in [4.78, 5) is 38.4. The van der Waals surface area contributed by atoms with Crippen LogP contribution in [0.2, 0.25) is 0 Å². The Kier molecular flexibility index (Phi) is 41.8. The average Bonchev–Trinajstić information content (AvgIpc) is 1.07. The van der Waals surface area contributed by atoms with Crippen molar-refractivity contribution >= 4 is 17.8 Å². The number of nitrogens with one attached hydrogen (secondary N) is 2. The molecule has 0 spiro atoms. The highest BCUT2D eigenvalue weighted by Crippen LogP contribution is 2.39. The first kappa shape index (κ1) is 79.4. The Morgan fingerprint density at radius 2 is 1.08 bits per heavy atom. The van der Waals surface area contributed by atoms with Gasteiger partial charge in [-0.1, -0.05) is 199 Å². The van der Waals surface area contributed by atoms with Gasteiger partial charge in [0.2, 0.25) is 11.8 Å². The van der Waals surface area contributed by atoms with E-state index in [1.54, 1.807) is 6.08 Å². The molecule has 514 valence electrons. The highest BCUT2D eigenvalue weighted by atomic mass is 16.8. The third-order valence-corrected chi connectivity index (χ3v) is 17.1. The van der Waals surface area contributed by atoms with Crippen molar-refractivity contribution in [2.45, 2.75) is 342 Å². The number of aliphatic hydroxyl groups excluding tert-OH is 11. The van der Waals surface area contributed by atoms with Crippen LogP contribution in [0.5, 0.6) is 0 Å². The molecule has 3 aliphatic heterocycles. The van der Waals surface area contributed by atoms with Crippen molar-refractivity contribution in [1.82, 2.24) is 10.6 Å². The molecule has 0 aromatic rings. The summed E-state index contributed by atoms with van der Waals surface area (Å²) in [7, 11) is 0. The van der Waals surface area contributed by atoms with Gasteiger partial charge in [0.15, 0.2) is 12.6 Å². The second-order valence-corrected chi connectivity index (χ2v) is 24.7. The van der Waals surface area contributed by atoms with Crippen LogP contribution in [0, 0.1) is 0 Å². The van der Waals surface area contributed by atoms with E-state index in [4.69, 9.17) is 28.4 Å². The minimum Gasteiger partial charge on any atom is -0.477 e. The van der Waals surface area contributed by atoms with Crippen LogP contribution in [-0.4, -0.2) is 215 Å². The highest BCUT2D eigenvalue weighted by Gasteiger charge is 2.60. The lowest BCUT2D eigenvalue weighted by atomic mass is 9.88. The first-order valence-electron chi connectivity index (χ1n) is 33.7. The number of aliphatic hydroxyl groups is 11. The number of hydrogen-bond donors (Lipinski definition) is 14. The molecule has 3 saturated heterocycles. The van der Waals surface area contributed by atoms with E-state index < -0.39 is 155 Å². The van der Waals surface area contributed by atoms with E-state index >= 15 is 0 Å². The number of ether oxygens (including phenoxy) is 6. The molecule has 0 aromatic heterocycles. The first-order chi connectivity index (χ1) is 42.4. The summed E-state index contributed by atoms with van der Waals surface area (Å²) in [6, 6.07) is -2.62. The van der Waals surface area contributed by atoms with E-state index in [1.807, 2.05) is 6.08 Å². The van der Waals surface area contributed by atoms with E-state index in [0.717, 1.165) is 71.1 Å². The standard InChI is InChI=1S/C65H118N2O21/c1-4-6-8-10-12-14-16-17-18-19-20-21-22-23-24-25-26-27-29-30-32-34-36-38-47(72)46(67-52(75)39-37-35-33-31-28-15-13-11-9-7-5-2)44-83-62-57(79)56(78)59(51(43-70)85-62)86-63-58(80)61(55(77)50(42-69)84-63)88-65(64(81)82)40-48(73)53(66-45(3)71)60(87-65)54(76)49(74)41-68/h11,13,36,38,46-51,53-63,68-70,72-74,76-80H,4-10,12,14-35,37,39-44H2,1-3H3,(H,66,71)(H,67,75)(H,81,82)/b13-11-,38-36+. The normalized spacial score (nSPS) is 29.1. The Labute approximate surface area is 523 Å². The van der Waals surface area contributed by atoms with E-state index in [-0.39, 0.29) is 12.3 Å². The smallest absolute Gasteiger partial charge is 0.364 e. The number of aliphatic carboxylic acids is 1. The van der Waals surface area contributed by atoms with Crippen molar-refractivity contribution in [1.29, 1.82) is 0 Å². The lowest BCUT2D eigenvalue weighted by molar-refractivity contribution is -0.386. The van der Waals surface area contributed by atoms with Crippen LogP contribution in [0.1, 0.15) is 233 Å². The molecule has 3 rings (SSSR count). The van der Waals surface area contributed by atoms with Gasteiger partial charge in [-0.15, -0.1) is 0 Å². The lowest BCUT2D eigenvalue weighted by Gasteiger charge is -2.50. The summed E-state index contributed by atoms with van der Waals surface area (Å²) in [6.45, 7) is 2.07. The van der Waals surface area contributed by atoms with Crippen LogP contribution in [0.15, 0.2) is 24.3 Å². The van der Waals surface area contributed by atoms with Gasteiger partial charge in [0.1, 0.15) is 67.1 Å². The summed E-state index contributed by atoms with van der Waals surface area (Å²) in [5.41, 5.74) is 0. The number of carboxylic acids is 1. The number of hydrogen-bond acceptors (Lipinski definition) is 20. The number of amides is 2. The summed E-state index contributed by atoms with van der Waals surface area (Å²) in [6.07, 6.45) is 15.3. The monoisotopic (exact) mass is 1260 g/mol. The largest absolute Gasteiger partial charge is 0.477 e. The van der Waals surface area contributed by atoms with Gasteiger partial charge in [-0.2, -0.15) is 0 Å². The number of allylic oxidation sites excluding steroid dienone is 3. The minimum absolute atomic E-state index is 0.190. The van der Waals surface area contributed by atoms with Gasteiger partial charge in [-0.3, -0.25) is 9.59 Å². The molecular weight excluding hydrogens is 1140 g/mol. The predicted molar refractivity (Wildman–Crippen MR) is 329 cm³/mol. The average molecular weight is 1260 g/mol. The van der Waals surface area contributed by atoms with Gasteiger partial charge < -0.3 is 100 Å². The molecular formula is C65H118N2O21. The number of carbonyl (C=O) groups excluding carboxylic acids is 2. The molecule has 0 saturated carbocycles. The summed E-state index contributed by atoms with van der Waals surface area (Å²) in [5, 5.41) is 136.